The zero-order valence-electron chi connectivity index (χ0n) is 17.8. The van der Waals surface area contributed by atoms with Gasteiger partial charge in [0.1, 0.15) is 17.3 Å². The summed E-state index contributed by atoms with van der Waals surface area (Å²) in [5.41, 5.74) is 1.33. The molecule has 1 amide bonds. The van der Waals surface area contributed by atoms with Gasteiger partial charge in [-0.25, -0.2) is 4.99 Å². The molecule has 0 radical (unpaired) electrons. The van der Waals surface area contributed by atoms with Crippen molar-refractivity contribution in [3.05, 3.63) is 88.0 Å². The van der Waals surface area contributed by atoms with Gasteiger partial charge in [0, 0.05) is 12.6 Å². The normalized spacial score (nSPS) is 16.1. The first-order valence-electron chi connectivity index (χ1n) is 10.2. The predicted molar refractivity (Wildman–Crippen MR) is 136 cm³/mol. The first kappa shape index (κ1) is 23.2. The molecule has 2 aromatic carbocycles. The number of rotatable bonds is 7. The second-order valence-corrected chi connectivity index (χ2v) is 8.76. The van der Waals surface area contributed by atoms with Gasteiger partial charge in [-0.05, 0) is 67.2 Å². The number of benzene rings is 2. The van der Waals surface area contributed by atoms with Gasteiger partial charge in [-0.15, -0.1) is 6.58 Å². The molecular formula is C25H20Cl2N2O3S. The zero-order valence-corrected chi connectivity index (χ0v) is 20.1. The molecule has 0 unspecified atom stereocenters. The molecule has 1 saturated heterocycles. The largest absolute Gasteiger partial charge is 0.494 e. The highest BCUT2D eigenvalue weighted by atomic mass is 35.5. The number of hydrogen-bond acceptors (Lipinski definition) is 5. The van der Waals surface area contributed by atoms with E-state index in [1.54, 1.807) is 47.4 Å². The highest BCUT2D eigenvalue weighted by Gasteiger charge is 2.33. The molecule has 0 N–H and O–H groups in total. The van der Waals surface area contributed by atoms with Gasteiger partial charge in [0.25, 0.3) is 5.91 Å². The van der Waals surface area contributed by atoms with Crippen molar-refractivity contribution in [2.24, 2.45) is 4.99 Å². The van der Waals surface area contributed by atoms with E-state index >= 15 is 0 Å². The summed E-state index contributed by atoms with van der Waals surface area (Å²) in [7, 11) is 0. The highest BCUT2D eigenvalue weighted by molar-refractivity contribution is 8.18. The van der Waals surface area contributed by atoms with Gasteiger partial charge >= 0.3 is 0 Å². The van der Waals surface area contributed by atoms with Gasteiger partial charge in [0.2, 0.25) is 0 Å². The Hall–Kier alpha value is -2.93. The van der Waals surface area contributed by atoms with Crippen LogP contribution >= 0.6 is 35.0 Å². The molecule has 1 fully saturated rings. The van der Waals surface area contributed by atoms with E-state index in [4.69, 9.17) is 32.4 Å². The lowest BCUT2D eigenvalue weighted by molar-refractivity contribution is -0.121. The summed E-state index contributed by atoms with van der Waals surface area (Å²) in [4.78, 5) is 19.8. The number of furan rings is 1. The van der Waals surface area contributed by atoms with Gasteiger partial charge in [-0.2, -0.15) is 0 Å². The summed E-state index contributed by atoms with van der Waals surface area (Å²) in [6.07, 6.45) is 3.36. The van der Waals surface area contributed by atoms with E-state index in [0.29, 0.717) is 50.4 Å². The van der Waals surface area contributed by atoms with E-state index < -0.39 is 0 Å². The van der Waals surface area contributed by atoms with Gasteiger partial charge in [-0.1, -0.05) is 35.3 Å². The van der Waals surface area contributed by atoms with Crippen LogP contribution in [0.15, 0.2) is 81.6 Å². The average Bonchev–Trinajstić information content (AvgIpc) is 3.36. The molecule has 1 aliphatic heterocycles. The van der Waals surface area contributed by atoms with E-state index in [9.17, 15) is 4.79 Å². The molecule has 0 spiro atoms. The highest BCUT2D eigenvalue weighted by Crippen LogP contribution is 2.38. The Kier molecular flexibility index (Phi) is 7.28. The second kappa shape index (κ2) is 10.3. The predicted octanol–water partition coefficient (Wildman–Crippen LogP) is 7.44. The summed E-state index contributed by atoms with van der Waals surface area (Å²) < 4.78 is 11.4. The Morgan fingerprint density at radius 2 is 1.85 bits per heavy atom. The number of thioether (sulfide) groups is 1. The van der Waals surface area contributed by atoms with Crippen molar-refractivity contribution >= 4 is 57.8 Å². The van der Waals surface area contributed by atoms with Crippen molar-refractivity contribution < 1.29 is 13.9 Å². The molecule has 0 saturated carbocycles. The molecule has 5 nitrogen and oxygen atoms in total. The fourth-order valence-electron chi connectivity index (χ4n) is 3.20. The monoisotopic (exact) mass is 498 g/mol. The van der Waals surface area contributed by atoms with Crippen LogP contribution in [0.4, 0.5) is 5.69 Å². The van der Waals surface area contributed by atoms with E-state index in [-0.39, 0.29) is 5.91 Å². The van der Waals surface area contributed by atoms with Crippen LogP contribution in [0, 0.1) is 0 Å². The van der Waals surface area contributed by atoms with Crippen LogP contribution in [0.25, 0.3) is 17.4 Å². The van der Waals surface area contributed by atoms with Crippen LogP contribution < -0.4 is 4.74 Å². The third-order valence-electron chi connectivity index (χ3n) is 4.68. The molecule has 0 atom stereocenters. The molecule has 168 valence electrons. The Morgan fingerprint density at radius 1 is 1.12 bits per heavy atom. The molecule has 4 rings (SSSR count). The van der Waals surface area contributed by atoms with Crippen molar-refractivity contribution in [1.29, 1.82) is 0 Å². The lowest BCUT2D eigenvalue weighted by Crippen LogP contribution is -2.29. The molecule has 33 heavy (non-hydrogen) atoms. The van der Waals surface area contributed by atoms with Gasteiger partial charge < -0.3 is 9.15 Å². The average molecular weight is 499 g/mol. The van der Waals surface area contributed by atoms with Crippen molar-refractivity contribution in [1.82, 2.24) is 4.90 Å². The standard InChI is InChI=1S/C25H20Cl2N2O3S/c1-3-14-29-24(30)22(33-25(29)28-16-8-10-17(11-9-16)31-4-2)15-18-12-13-21(32-18)23-19(26)6-5-7-20(23)27/h3,5-13,15H,1,4,14H2,2H3/b22-15-,28-25?. The number of nitrogens with zero attached hydrogens (tertiary/aromatic N) is 2. The van der Waals surface area contributed by atoms with Crippen LogP contribution in [-0.4, -0.2) is 29.1 Å². The van der Waals surface area contributed by atoms with Crippen LogP contribution in [-0.2, 0) is 4.79 Å². The molecule has 2 heterocycles. The third kappa shape index (κ3) is 5.19. The first-order chi connectivity index (χ1) is 16.0. The Labute approximate surface area is 206 Å². The Balaban J connectivity index is 1.62. The van der Waals surface area contributed by atoms with Crippen LogP contribution in [0.2, 0.25) is 10.0 Å². The quantitative estimate of drug-likeness (QED) is 0.250. The van der Waals surface area contributed by atoms with E-state index in [1.165, 1.54) is 11.8 Å². The fourth-order valence-corrected chi connectivity index (χ4v) is 4.77. The van der Waals surface area contributed by atoms with E-state index in [0.717, 1.165) is 11.4 Å². The smallest absolute Gasteiger partial charge is 0.267 e. The maximum absolute atomic E-state index is 13.0. The van der Waals surface area contributed by atoms with Gasteiger partial charge in [0.15, 0.2) is 5.17 Å². The molecule has 0 bridgehead atoms. The SMILES string of the molecule is C=CCN1C(=O)/C(=C/c2ccc(-c3c(Cl)cccc3Cl)o2)SC1=Nc1ccc(OCC)cc1. The van der Waals surface area contributed by atoms with Gasteiger partial charge in [0.05, 0.1) is 32.8 Å². The molecule has 1 aromatic heterocycles. The minimum Gasteiger partial charge on any atom is -0.494 e. The summed E-state index contributed by atoms with van der Waals surface area (Å²) in [5, 5.41) is 1.55. The lowest BCUT2D eigenvalue weighted by atomic mass is 10.2. The van der Waals surface area contributed by atoms with Crippen LogP contribution in [0.3, 0.4) is 0 Å². The second-order valence-electron chi connectivity index (χ2n) is 6.94. The summed E-state index contributed by atoms with van der Waals surface area (Å²) in [5.74, 6) is 1.64. The number of ether oxygens (including phenoxy) is 1. The first-order valence-corrected chi connectivity index (χ1v) is 11.8. The van der Waals surface area contributed by atoms with Crippen molar-refractivity contribution in [2.45, 2.75) is 6.92 Å². The number of aliphatic imine (C=N–C) groups is 1. The summed E-state index contributed by atoms with van der Waals surface area (Å²) in [6, 6.07) is 16.2. The zero-order chi connectivity index (χ0) is 23.4. The molecule has 3 aromatic rings. The Bertz CT molecular complexity index is 1230. The summed E-state index contributed by atoms with van der Waals surface area (Å²) in [6.45, 7) is 6.63. The Morgan fingerprint density at radius 3 is 2.52 bits per heavy atom. The van der Waals surface area contributed by atoms with Crippen molar-refractivity contribution in [3.63, 3.8) is 0 Å². The van der Waals surface area contributed by atoms with Crippen molar-refractivity contribution in [3.8, 4) is 17.1 Å². The molecule has 0 aliphatic carbocycles. The fraction of sp³-hybridized carbons (Fsp3) is 0.120. The molecular weight excluding hydrogens is 479 g/mol. The minimum atomic E-state index is -0.168. The maximum atomic E-state index is 13.0. The lowest BCUT2D eigenvalue weighted by Gasteiger charge is -2.12. The third-order valence-corrected chi connectivity index (χ3v) is 6.32. The maximum Gasteiger partial charge on any atom is 0.267 e. The number of amides is 1. The topological polar surface area (TPSA) is 55.0 Å². The van der Waals surface area contributed by atoms with Crippen LogP contribution in [0.1, 0.15) is 12.7 Å². The summed E-state index contributed by atoms with van der Waals surface area (Å²) >= 11 is 13.9. The number of carbonyl (C=O) groups is 1. The van der Waals surface area contributed by atoms with Crippen LogP contribution in [0.5, 0.6) is 5.75 Å². The molecule has 8 heteroatoms. The number of halogens is 2. The van der Waals surface area contributed by atoms with E-state index in [2.05, 4.69) is 11.6 Å². The van der Waals surface area contributed by atoms with E-state index in [1.807, 2.05) is 31.2 Å². The van der Waals surface area contributed by atoms with Gasteiger partial charge in [-0.3, -0.25) is 9.69 Å². The number of amidine groups is 1. The number of hydrogen-bond donors (Lipinski definition) is 0. The molecule has 1 aliphatic rings. The number of carbonyl (C=O) groups excluding carboxylic acids is 1. The van der Waals surface area contributed by atoms with Crippen molar-refractivity contribution in [2.75, 3.05) is 13.2 Å². The minimum absolute atomic E-state index is 0.168.